The molecule has 2 aliphatic heterocycles. The summed E-state index contributed by atoms with van der Waals surface area (Å²) in [4.78, 5) is 2.66. The normalized spacial score (nSPS) is 15.9. The summed E-state index contributed by atoms with van der Waals surface area (Å²) in [5, 5.41) is 4.97. The van der Waals surface area contributed by atoms with Crippen LogP contribution < -0.4 is 15.7 Å². The molecule has 4 heterocycles. The zero-order chi connectivity index (χ0) is 45.1. The Kier molecular flexibility index (Phi) is 7.09. The van der Waals surface area contributed by atoms with Gasteiger partial charge in [-0.3, -0.25) is 0 Å². The molecule has 3 nitrogen and oxygen atoms in total. The lowest BCUT2D eigenvalue weighted by atomic mass is 9.43. The number of hydrogen-bond acceptors (Lipinski definition) is 2. The van der Waals surface area contributed by atoms with Crippen LogP contribution in [0.4, 0.5) is 11.4 Å². The molecule has 4 aliphatic rings. The Hall–Kier alpha value is -6.78. The van der Waals surface area contributed by atoms with Crippen LogP contribution in [0, 0.1) is 0 Å². The van der Waals surface area contributed by atoms with Crippen LogP contribution in [0.25, 0.3) is 82.8 Å². The summed E-state index contributed by atoms with van der Waals surface area (Å²) in [6.07, 6.45) is 0. The van der Waals surface area contributed by atoms with Crippen LogP contribution in [0.3, 0.4) is 0 Å². The number of furan rings is 1. The van der Waals surface area contributed by atoms with E-state index in [-0.39, 0.29) is 28.5 Å². The van der Waals surface area contributed by atoms with Gasteiger partial charge in [-0.25, -0.2) is 0 Å². The smallest absolute Gasteiger partial charge is 0.333 e. The second-order valence-electron chi connectivity index (χ2n) is 23.0. The van der Waals surface area contributed by atoms with E-state index in [2.05, 4.69) is 218 Å². The lowest BCUT2D eigenvalue weighted by Crippen LogP contribution is -2.60. The first-order valence-electron chi connectivity index (χ1n) is 24.0. The summed E-state index contributed by atoms with van der Waals surface area (Å²) < 4.78 is 9.53. The minimum Gasteiger partial charge on any atom is -0.456 e. The number of hydrogen-bond donors (Lipinski definition) is 0. The van der Waals surface area contributed by atoms with Gasteiger partial charge in [-0.05, 0) is 131 Å². The van der Waals surface area contributed by atoms with Crippen molar-refractivity contribution in [2.45, 2.75) is 90.9 Å². The van der Waals surface area contributed by atoms with E-state index in [1.807, 2.05) is 0 Å². The lowest BCUT2D eigenvalue weighted by Gasteiger charge is -2.42. The first kappa shape index (κ1) is 38.5. The molecule has 0 amide bonds. The van der Waals surface area contributed by atoms with Crippen LogP contribution in [0.15, 0.2) is 144 Å². The molecule has 320 valence electrons. The monoisotopic (exact) mass is 852 g/mol. The van der Waals surface area contributed by atoms with Crippen LogP contribution >= 0.6 is 0 Å². The first-order chi connectivity index (χ1) is 31.5. The highest BCUT2D eigenvalue weighted by atomic mass is 16.3. The van der Waals surface area contributed by atoms with Gasteiger partial charge in [0.05, 0.1) is 11.0 Å². The van der Waals surface area contributed by atoms with Gasteiger partial charge in [-0.1, -0.05) is 154 Å². The Balaban J connectivity index is 1.15. The Morgan fingerprint density at radius 1 is 0.455 bits per heavy atom. The standard InChI is InChI=1S/C62H53BN2O/c1-59(2,3)34-19-22-36(23-20-34)65-53-33-56-46(45-27-35(60(4,5)6)21-26-55(45)66-56)28-43(53)39-24-25-40-44-29-49-42(38-16-12-14-18-48(38)61(49,7)8)31-52(44)64-54-32-50-41(30-51(54)63(65)57(39)58(40)64)37-15-11-13-17-47(37)62(50,9)10/h11-33H,1-10H3. The van der Waals surface area contributed by atoms with Crippen LogP contribution in [0.1, 0.15) is 103 Å². The van der Waals surface area contributed by atoms with Gasteiger partial charge >= 0.3 is 6.85 Å². The van der Waals surface area contributed by atoms with Gasteiger partial charge in [-0.2, -0.15) is 0 Å². The number of nitrogens with zero attached hydrogens (tertiary/aromatic N) is 2. The van der Waals surface area contributed by atoms with Gasteiger partial charge in [-0.15, -0.1) is 0 Å². The maximum absolute atomic E-state index is 6.85. The lowest BCUT2D eigenvalue weighted by molar-refractivity contribution is 0.590. The Bertz CT molecular complexity index is 3840. The Morgan fingerprint density at radius 2 is 1.08 bits per heavy atom. The number of rotatable bonds is 1. The maximum Gasteiger partial charge on any atom is 0.333 e. The minimum absolute atomic E-state index is 0.0125. The summed E-state index contributed by atoms with van der Waals surface area (Å²) in [6.45, 7) is 23.3. The van der Waals surface area contributed by atoms with Crippen LogP contribution in [-0.4, -0.2) is 11.4 Å². The van der Waals surface area contributed by atoms with E-state index >= 15 is 0 Å². The SMILES string of the molecule is CC(C)(C)c1ccc(N2B3c4cc5c(cc4-n4c6cc7c(cc6c6ccc(c3c64)-c3cc4c(cc32)oc2ccc(C(C)(C)C)cc24)C(C)(C)c2ccccc2-7)C(C)(C)c2ccccc2-5)cc1. The average Bonchev–Trinajstić information content (AvgIpc) is 3.96. The molecule has 0 bridgehead atoms. The maximum atomic E-state index is 6.85. The number of anilines is 2. The van der Waals surface area contributed by atoms with Crippen molar-refractivity contribution >= 4 is 72.9 Å². The topological polar surface area (TPSA) is 21.3 Å². The summed E-state index contributed by atoms with van der Waals surface area (Å²) in [7, 11) is 0. The van der Waals surface area contributed by atoms with Crippen LogP contribution in [-0.2, 0) is 21.7 Å². The van der Waals surface area contributed by atoms with Crippen molar-refractivity contribution < 1.29 is 4.42 Å². The fraction of sp³-hybridized carbons (Fsp3) is 0.226. The van der Waals surface area contributed by atoms with E-state index in [1.165, 1.54) is 122 Å². The molecule has 0 fully saturated rings. The molecule has 10 aromatic rings. The molecule has 0 saturated heterocycles. The molecule has 14 rings (SSSR count). The third kappa shape index (κ3) is 4.75. The largest absolute Gasteiger partial charge is 0.456 e. The molecular formula is C62H53BN2O. The van der Waals surface area contributed by atoms with Gasteiger partial charge in [0.2, 0.25) is 0 Å². The zero-order valence-corrected chi connectivity index (χ0v) is 39.7. The molecule has 0 N–H and O–H groups in total. The third-order valence-corrected chi connectivity index (χ3v) is 16.5. The highest BCUT2D eigenvalue weighted by Crippen LogP contribution is 2.55. The predicted octanol–water partition coefficient (Wildman–Crippen LogP) is 15.1. The molecule has 4 heteroatoms. The second-order valence-corrected chi connectivity index (χ2v) is 23.0. The molecular weight excluding hydrogens is 800 g/mol. The molecule has 0 saturated carbocycles. The van der Waals surface area contributed by atoms with E-state index in [0.29, 0.717) is 0 Å². The van der Waals surface area contributed by atoms with Gasteiger partial charge in [0.25, 0.3) is 0 Å². The molecule has 0 atom stereocenters. The molecule has 2 aliphatic carbocycles. The molecule has 0 radical (unpaired) electrons. The van der Waals surface area contributed by atoms with Gasteiger partial charge in [0, 0.05) is 61.1 Å². The van der Waals surface area contributed by atoms with Crippen molar-refractivity contribution in [3.63, 3.8) is 0 Å². The molecule has 0 spiro atoms. The van der Waals surface area contributed by atoms with Gasteiger partial charge in [0.15, 0.2) is 0 Å². The van der Waals surface area contributed by atoms with Crippen molar-refractivity contribution in [1.82, 2.24) is 4.57 Å². The van der Waals surface area contributed by atoms with E-state index in [1.54, 1.807) is 0 Å². The first-order valence-corrected chi connectivity index (χ1v) is 24.0. The fourth-order valence-corrected chi connectivity index (χ4v) is 12.9. The zero-order valence-electron chi connectivity index (χ0n) is 39.7. The van der Waals surface area contributed by atoms with Gasteiger partial charge < -0.3 is 13.8 Å². The summed E-state index contributed by atoms with van der Waals surface area (Å²) in [5.74, 6) is 0. The number of fused-ring (bicyclic) bond motifs is 17. The molecule has 0 unspecified atom stereocenters. The van der Waals surface area contributed by atoms with E-state index in [9.17, 15) is 0 Å². The Morgan fingerprint density at radius 3 is 1.76 bits per heavy atom. The molecule has 2 aromatic heterocycles. The molecule has 66 heavy (non-hydrogen) atoms. The summed E-state index contributed by atoms with van der Waals surface area (Å²) >= 11 is 0. The van der Waals surface area contributed by atoms with Crippen LogP contribution in [0.5, 0.6) is 0 Å². The highest BCUT2D eigenvalue weighted by Gasteiger charge is 2.47. The van der Waals surface area contributed by atoms with Gasteiger partial charge in [0.1, 0.15) is 11.2 Å². The van der Waals surface area contributed by atoms with Crippen molar-refractivity contribution in [3.8, 4) is 39.1 Å². The van der Waals surface area contributed by atoms with E-state index in [0.717, 1.165) is 16.6 Å². The molecule has 8 aromatic carbocycles. The quantitative estimate of drug-likeness (QED) is 0.153. The van der Waals surface area contributed by atoms with Crippen LogP contribution in [0.2, 0.25) is 0 Å². The van der Waals surface area contributed by atoms with E-state index < -0.39 is 0 Å². The second kappa shape index (κ2) is 12.2. The van der Waals surface area contributed by atoms with E-state index in [4.69, 9.17) is 4.42 Å². The minimum atomic E-state index is -0.156. The van der Waals surface area contributed by atoms with Crippen molar-refractivity contribution in [1.29, 1.82) is 0 Å². The number of benzene rings is 8. The fourth-order valence-electron chi connectivity index (χ4n) is 12.9. The summed E-state index contributed by atoms with van der Waals surface area (Å²) in [5.41, 5.74) is 26.7. The van der Waals surface area contributed by atoms with Crippen molar-refractivity contribution in [2.24, 2.45) is 0 Å². The Labute approximate surface area is 387 Å². The average molecular weight is 853 g/mol. The summed E-state index contributed by atoms with van der Waals surface area (Å²) in [6, 6.07) is 54.3. The van der Waals surface area contributed by atoms with Crippen molar-refractivity contribution in [2.75, 3.05) is 4.81 Å². The third-order valence-electron chi connectivity index (χ3n) is 16.5. The van der Waals surface area contributed by atoms with Crippen molar-refractivity contribution in [3.05, 3.63) is 173 Å². The highest BCUT2D eigenvalue weighted by molar-refractivity contribution is 6.93. The predicted molar refractivity (Wildman–Crippen MR) is 280 cm³/mol. The number of aromatic nitrogens is 1.